The zero-order valence-corrected chi connectivity index (χ0v) is 21.7. The molecule has 0 fully saturated rings. The predicted molar refractivity (Wildman–Crippen MR) is 138 cm³/mol. The fourth-order valence-corrected chi connectivity index (χ4v) is 4.34. The van der Waals surface area contributed by atoms with E-state index in [1.165, 1.54) is 0 Å². The van der Waals surface area contributed by atoms with Crippen molar-refractivity contribution in [1.82, 2.24) is 35.4 Å². The van der Waals surface area contributed by atoms with E-state index in [9.17, 15) is 0 Å². The molecule has 2 aromatic carbocycles. The molecule has 190 valence electrons. The van der Waals surface area contributed by atoms with Crippen LogP contribution in [0.25, 0.3) is 22.5 Å². The maximum Gasteiger partial charge on any atom is 0.231 e. The van der Waals surface area contributed by atoms with E-state index in [-0.39, 0.29) is 0 Å². The maximum atomic E-state index is 5.83. The molecule has 36 heavy (non-hydrogen) atoms. The number of nitrogens with zero attached hydrogens (tertiary/aromatic N) is 6. The minimum absolute atomic E-state index is 0.428. The Labute approximate surface area is 212 Å². The van der Waals surface area contributed by atoms with Crippen molar-refractivity contribution in [2.24, 2.45) is 5.92 Å². The van der Waals surface area contributed by atoms with Crippen LogP contribution in [0.15, 0.2) is 48.5 Å². The number of rotatable bonds is 12. The largest absolute Gasteiger partial charge is 0.347 e. The molecule has 0 saturated heterocycles. The van der Waals surface area contributed by atoms with Gasteiger partial charge in [-0.3, -0.25) is 0 Å². The second-order valence-corrected chi connectivity index (χ2v) is 9.35. The first-order valence-electron chi connectivity index (χ1n) is 12.5. The quantitative estimate of drug-likeness (QED) is 0.279. The molecule has 0 unspecified atom stereocenters. The minimum Gasteiger partial charge on any atom is -0.347 e. The van der Waals surface area contributed by atoms with Gasteiger partial charge in [-0.25, -0.2) is 9.67 Å². The van der Waals surface area contributed by atoms with Gasteiger partial charge in [-0.1, -0.05) is 75.7 Å². The van der Waals surface area contributed by atoms with Crippen LogP contribution in [-0.4, -0.2) is 49.6 Å². The number of methoxy groups -OCH3 is 2. The van der Waals surface area contributed by atoms with Crippen molar-refractivity contribution in [1.29, 1.82) is 0 Å². The van der Waals surface area contributed by atoms with Gasteiger partial charge in [0.15, 0.2) is 0 Å². The monoisotopic (exact) mass is 489 g/mol. The normalized spacial score (nSPS) is 11.9. The van der Waals surface area contributed by atoms with E-state index in [0.717, 1.165) is 47.5 Å². The van der Waals surface area contributed by atoms with Gasteiger partial charge in [-0.15, -0.1) is 10.2 Å². The number of aromatic amines is 1. The SMILES string of the molecule is CCCCC(OC)(OC)c1nc(Cc2ccc(-c3ccccc3-c3nn[nH]n3)cc2)n(CC(C)C)n1. The lowest BCUT2D eigenvalue weighted by Gasteiger charge is -2.27. The maximum absolute atomic E-state index is 5.83. The van der Waals surface area contributed by atoms with Gasteiger partial charge in [0.2, 0.25) is 17.4 Å². The smallest absolute Gasteiger partial charge is 0.231 e. The number of tetrazole rings is 1. The Hall–Kier alpha value is -3.43. The summed E-state index contributed by atoms with van der Waals surface area (Å²) < 4.78 is 13.7. The molecule has 2 aromatic heterocycles. The van der Waals surface area contributed by atoms with E-state index in [1.54, 1.807) is 14.2 Å². The van der Waals surface area contributed by atoms with Crippen molar-refractivity contribution in [2.45, 2.75) is 58.8 Å². The summed E-state index contributed by atoms with van der Waals surface area (Å²) in [7, 11) is 3.32. The van der Waals surface area contributed by atoms with E-state index in [1.807, 2.05) is 22.9 Å². The zero-order valence-electron chi connectivity index (χ0n) is 21.7. The summed E-state index contributed by atoms with van der Waals surface area (Å²) in [6.07, 6.45) is 3.36. The topological polar surface area (TPSA) is 104 Å². The van der Waals surface area contributed by atoms with E-state index >= 15 is 0 Å². The van der Waals surface area contributed by atoms with Gasteiger partial charge in [0.25, 0.3) is 0 Å². The molecule has 0 spiro atoms. The van der Waals surface area contributed by atoms with Gasteiger partial charge in [0.1, 0.15) is 5.82 Å². The summed E-state index contributed by atoms with van der Waals surface area (Å²) in [6, 6.07) is 16.6. The van der Waals surface area contributed by atoms with E-state index in [0.29, 0.717) is 30.4 Å². The molecular formula is C27H35N7O2. The second kappa shape index (κ2) is 11.5. The number of unbranched alkanes of at least 4 members (excludes halogenated alkanes) is 1. The fourth-order valence-electron chi connectivity index (χ4n) is 4.34. The van der Waals surface area contributed by atoms with Crippen LogP contribution < -0.4 is 0 Å². The third kappa shape index (κ3) is 5.52. The zero-order chi connectivity index (χ0) is 25.5. The predicted octanol–water partition coefficient (Wildman–Crippen LogP) is 5.01. The second-order valence-electron chi connectivity index (χ2n) is 9.35. The molecule has 0 radical (unpaired) electrons. The molecule has 2 heterocycles. The van der Waals surface area contributed by atoms with Crippen LogP contribution in [0.4, 0.5) is 0 Å². The van der Waals surface area contributed by atoms with Crippen molar-refractivity contribution >= 4 is 0 Å². The summed E-state index contributed by atoms with van der Waals surface area (Å²) in [5, 5.41) is 19.4. The molecule has 4 aromatic rings. The molecule has 0 aliphatic heterocycles. The van der Waals surface area contributed by atoms with E-state index in [2.05, 4.69) is 71.7 Å². The van der Waals surface area contributed by atoms with E-state index < -0.39 is 5.79 Å². The first-order valence-corrected chi connectivity index (χ1v) is 12.5. The molecule has 4 rings (SSSR count). The number of H-pyrrole nitrogens is 1. The third-order valence-electron chi connectivity index (χ3n) is 6.29. The molecular weight excluding hydrogens is 454 g/mol. The van der Waals surface area contributed by atoms with Gasteiger partial charge in [0, 0.05) is 39.2 Å². The van der Waals surface area contributed by atoms with Gasteiger partial charge in [-0.2, -0.15) is 10.3 Å². The fraction of sp³-hybridized carbons (Fsp3) is 0.444. The number of hydrogen-bond donors (Lipinski definition) is 1. The Morgan fingerprint density at radius 3 is 2.33 bits per heavy atom. The van der Waals surface area contributed by atoms with Crippen molar-refractivity contribution < 1.29 is 9.47 Å². The van der Waals surface area contributed by atoms with Gasteiger partial charge < -0.3 is 9.47 Å². The number of benzene rings is 2. The minimum atomic E-state index is -0.935. The highest BCUT2D eigenvalue weighted by Gasteiger charge is 2.37. The van der Waals surface area contributed by atoms with Crippen LogP contribution in [0.5, 0.6) is 0 Å². The Morgan fingerprint density at radius 1 is 1.00 bits per heavy atom. The molecule has 9 heteroatoms. The first kappa shape index (κ1) is 25.7. The van der Waals surface area contributed by atoms with Crippen molar-refractivity contribution in [3.63, 3.8) is 0 Å². The molecule has 0 aliphatic rings. The van der Waals surface area contributed by atoms with Gasteiger partial charge in [0.05, 0.1) is 0 Å². The molecule has 1 N–H and O–H groups in total. The first-order chi connectivity index (χ1) is 17.5. The average Bonchev–Trinajstić information content (AvgIpc) is 3.56. The average molecular weight is 490 g/mol. The standard InChI is InChI=1S/C27H35N7O2/c1-6-7-16-27(35-4,36-5)26-28-24(34(31-26)18-19(2)3)17-20-12-14-21(15-13-20)22-10-8-9-11-23(22)25-29-32-33-30-25/h8-15,19H,6-7,16-18H2,1-5H3,(H,29,30,32,33). The van der Waals surface area contributed by atoms with Gasteiger partial charge >= 0.3 is 0 Å². The lowest BCUT2D eigenvalue weighted by molar-refractivity contribution is -0.226. The molecule has 0 saturated carbocycles. The number of aromatic nitrogens is 7. The number of hydrogen-bond acceptors (Lipinski definition) is 7. The molecule has 0 atom stereocenters. The highest BCUT2D eigenvalue weighted by Crippen LogP contribution is 2.32. The van der Waals surface area contributed by atoms with Crippen molar-refractivity contribution in [3.8, 4) is 22.5 Å². The molecule has 9 nitrogen and oxygen atoms in total. The molecule has 0 aliphatic carbocycles. The summed E-state index contributed by atoms with van der Waals surface area (Å²) >= 11 is 0. The van der Waals surface area contributed by atoms with Crippen LogP contribution >= 0.6 is 0 Å². The Bertz CT molecular complexity index is 1230. The Morgan fingerprint density at radius 2 is 1.72 bits per heavy atom. The Kier molecular flexibility index (Phi) is 8.22. The van der Waals surface area contributed by atoms with Crippen molar-refractivity contribution in [3.05, 3.63) is 65.7 Å². The van der Waals surface area contributed by atoms with Crippen LogP contribution in [-0.2, 0) is 28.2 Å². The van der Waals surface area contributed by atoms with Crippen LogP contribution in [0.3, 0.4) is 0 Å². The van der Waals surface area contributed by atoms with Gasteiger partial charge in [-0.05, 0) is 34.2 Å². The molecule has 0 amide bonds. The number of nitrogens with one attached hydrogen (secondary N) is 1. The third-order valence-corrected chi connectivity index (χ3v) is 6.29. The highest BCUT2D eigenvalue weighted by molar-refractivity contribution is 5.80. The lowest BCUT2D eigenvalue weighted by atomic mass is 9.98. The number of ether oxygens (including phenoxy) is 2. The summed E-state index contributed by atoms with van der Waals surface area (Å²) in [5.41, 5.74) is 4.22. The summed E-state index contributed by atoms with van der Waals surface area (Å²) in [5.74, 6) is 1.55. The molecule has 0 bridgehead atoms. The summed E-state index contributed by atoms with van der Waals surface area (Å²) in [6.45, 7) is 7.28. The highest BCUT2D eigenvalue weighted by atomic mass is 16.7. The lowest BCUT2D eigenvalue weighted by Crippen LogP contribution is -2.32. The van der Waals surface area contributed by atoms with Crippen LogP contribution in [0.2, 0.25) is 0 Å². The van der Waals surface area contributed by atoms with Crippen LogP contribution in [0, 0.1) is 5.92 Å². The Balaban J connectivity index is 1.62. The van der Waals surface area contributed by atoms with Crippen LogP contribution in [0.1, 0.15) is 57.2 Å². The summed E-state index contributed by atoms with van der Waals surface area (Å²) in [4.78, 5) is 4.93. The van der Waals surface area contributed by atoms with E-state index in [4.69, 9.17) is 19.6 Å². The van der Waals surface area contributed by atoms with Crippen molar-refractivity contribution in [2.75, 3.05) is 14.2 Å².